The maximum Gasteiger partial charge on any atom is 0.261 e. The minimum atomic E-state index is -0.536. The van der Waals surface area contributed by atoms with E-state index in [0.29, 0.717) is 19.6 Å². The van der Waals surface area contributed by atoms with Crippen LogP contribution in [0.4, 0.5) is 0 Å². The van der Waals surface area contributed by atoms with Gasteiger partial charge in [0.15, 0.2) is 6.10 Å². The summed E-state index contributed by atoms with van der Waals surface area (Å²) in [4.78, 5) is 12.6. The highest BCUT2D eigenvalue weighted by atomic mass is 16.5. The third kappa shape index (κ3) is 4.79. The minimum Gasteiger partial charge on any atom is -0.494 e. The minimum absolute atomic E-state index is 0.118. The second-order valence-corrected chi connectivity index (χ2v) is 6.29. The molecule has 140 valence electrons. The molecule has 1 atom stereocenters. The van der Waals surface area contributed by atoms with E-state index in [9.17, 15) is 4.79 Å². The monoisotopic (exact) mass is 363 g/mol. The van der Waals surface area contributed by atoms with Crippen LogP contribution in [-0.4, -0.2) is 18.6 Å². The lowest BCUT2D eigenvalue weighted by Gasteiger charge is -2.18. The van der Waals surface area contributed by atoms with Crippen LogP contribution in [0.15, 0.2) is 66.7 Å². The smallest absolute Gasteiger partial charge is 0.261 e. The first-order valence-electron chi connectivity index (χ1n) is 9.35. The molecule has 1 amide bonds. The largest absolute Gasteiger partial charge is 0.494 e. The maximum atomic E-state index is 12.6. The van der Waals surface area contributed by atoms with E-state index in [4.69, 9.17) is 9.47 Å². The van der Waals surface area contributed by atoms with Crippen molar-refractivity contribution in [3.8, 4) is 11.5 Å². The molecule has 0 aliphatic rings. The predicted octanol–water partition coefficient (Wildman–Crippen LogP) is 4.71. The van der Waals surface area contributed by atoms with Gasteiger partial charge in [0.1, 0.15) is 11.5 Å². The van der Waals surface area contributed by atoms with Gasteiger partial charge in [0, 0.05) is 11.9 Å². The molecule has 3 rings (SSSR count). The fraction of sp³-hybridized carbons (Fsp3) is 0.261. The van der Waals surface area contributed by atoms with Crippen molar-refractivity contribution in [1.29, 1.82) is 0 Å². The number of carbonyl (C=O) groups is 1. The number of hydrogen-bond acceptors (Lipinski definition) is 3. The summed E-state index contributed by atoms with van der Waals surface area (Å²) in [6.07, 6.45) is 0.0551. The first-order valence-corrected chi connectivity index (χ1v) is 9.35. The van der Waals surface area contributed by atoms with E-state index in [1.165, 1.54) is 0 Å². The van der Waals surface area contributed by atoms with Gasteiger partial charge in [0.2, 0.25) is 0 Å². The van der Waals surface area contributed by atoms with E-state index in [1.54, 1.807) is 0 Å². The van der Waals surface area contributed by atoms with Gasteiger partial charge < -0.3 is 14.8 Å². The molecular formula is C23H25NO3. The molecule has 4 nitrogen and oxygen atoms in total. The molecule has 1 N–H and O–H groups in total. The number of rotatable bonds is 8. The topological polar surface area (TPSA) is 47.6 Å². The van der Waals surface area contributed by atoms with E-state index in [0.717, 1.165) is 27.8 Å². The molecule has 0 aliphatic heterocycles. The summed E-state index contributed by atoms with van der Waals surface area (Å²) < 4.78 is 11.6. The van der Waals surface area contributed by atoms with Crippen LogP contribution in [0.5, 0.6) is 11.5 Å². The van der Waals surface area contributed by atoms with E-state index in [-0.39, 0.29) is 5.91 Å². The van der Waals surface area contributed by atoms with E-state index in [1.807, 2.05) is 80.6 Å². The summed E-state index contributed by atoms with van der Waals surface area (Å²) in [7, 11) is 0. The molecule has 0 saturated heterocycles. The zero-order valence-electron chi connectivity index (χ0n) is 15.8. The number of nitrogens with one attached hydrogen (secondary N) is 1. The van der Waals surface area contributed by atoms with Crippen molar-refractivity contribution in [3.05, 3.63) is 72.3 Å². The summed E-state index contributed by atoms with van der Waals surface area (Å²) in [6.45, 7) is 4.96. The summed E-state index contributed by atoms with van der Waals surface area (Å²) in [5.41, 5.74) is 0.995. The fourth-order valence-corrected chi connectivity index (χ4v) is 2.99. The summed E-state index contributed by atoms with van der Waals surface area (Å²) in [5, 5.41) is 5.07. The number of amides is 1. The fourth-order valence-electron chi connectivity index (χ4n) is 2.99. The van der Waals surface area contributed by atoms with Crippen LogP contribution in [0.2, 0.25) is 0 Å². The zero-order valence-corrected chi connectivity index (χ0v) is 15.8. The lowest BCUT2D eigenvalue weighted by atomic mass is 10.1. The number of fused-ring (bicyclic) bond motifs is 1. The Balaban J connectivity index is 1.66. The Morgan fingerprint density at radius 2 is 1.78 bits per heavy atom. The van der Waals surface area contributed by atoms with Crippen molar-refractivity contribution in [2.24, 2.45) is 0 Å². The molecule has 27 heavy (non-hydrogen) atoms. The molecule has 0 bridgehead atoms. The van der Waals surface area contributed by atoms with Crippen molar-refractivity contribution >= 4 is 16.7 Å². The molecule has 0 aromatic heterocycles. The Bertz CT molecular complexity index is 902. The Labute approximate surface area is 160 Å². The highest BCUT2D eigenvalue weighted by molar-refractivity contribution is 5.89. The van der Waals surface area contributed by atoms with Crippen molar-refractivity contribution in [2.75, 3.05) is 6.61 Å². The van der Waals surface area contributed by atoms with E-state index >= 15 is 0 Å². The lowest BCUT2D eigenvalue weighted by molar-refractivity contribution is -0.128. The van der Waals surface area contributed by atoms with Crippen LogP contribution in [-0.2, 0) is 11.3 Å². The molecule has 0 radical (unpaired) electrons. The van der Waals surface area contributed by atoms with Crippen molar-refractivity contribution < 1.29 is 14.3 Å². The van der Waals surface area contributed by atoms with Crippen molar-refractivity contribution in [2.45, 2.75) is 32.9 Å². The molecule has 0 unspecified atom stereocenters. The van der Waals surface area contributed by atoms with Crippen LogP contribution in [0.25, 0.3) is 10.8 Å². The Hall–Kier alpha value is -3.01. The summed E-state index contributed by atoms with van der Waals surface area (Å²) >= 11 is 0. The predicted molar refractivity (Wildman–Crippen MR) is 108 cm³/mol. The number of ether oxygens (including phenoxy) is 2. The highest BCUT2D eigenvalue weighted by Gasteiger charge is 2.19. The summed E-state index contributed by atoms with van der Waals surface area (Å²) in [6, 6.07) is 21.6. The number of hydrogen-bond donors (Lipinski definition) is 1. The molecule has 3 aromatic rings. The third-order valence-electron chi connectivity index (χ3n) is 4.36. The SMILES string of the molecule is CCOc1cccc(CNC(=O)[C@@H](CC)Oc2cccc3ccccc23)c1. The van der Waals surface area contributed by atoms with Crippen LogP contribution < -0.4 is 14.8 Å². The Morgan fingerprint density at radius 3 is 2.59 bits per heavy atom. The van der Waals surface area contributed by atoms with Crippen LogP contribution in [0, 0.1) is 0 Å². The Morgan fingerprint density at radius 1 is 1.00 bits per heavy atom. The van der Waals surface area contributed by atoms with Crippen LogP contribution in [0.3, 0.4) is 0 Å². The van der Waals surface area contributed by atoms with Crippen LogP contribution in [0.1, 0.15) is 25.8 Å². The zero-order chi connectivity index (χ0) is 19.1. The molecule has 3 aromatic carbocycles. The highest BCUT2D eigenvalue weighted by Crippen LogP contribution is 2.26. The van der Waals surface area contributed by atoms with Gasteiger partial charge in [-0.3, -0.25) is 4.79 Å². The number of carbonyl (C=O) groups excluding carboxylic acids is 1. The average molecular weight is 363 g/mol. The maximum absolute atomic E-state index is 12.6. The van der Waals surface area contributed by atoms with Crippen molar-refractivity contribution in [3.63, 3.8) is 0 Å². The first-order chi connectivity index (χ1) is 13.2. The molecule has 0 fully saturated rings. The molecular weight excluding hydrogens is 338 g/mol. The summed E-state index contributed by atoms with van der Waals surface area (Å²) in [5.74, 6) is 1.42. The normalized spacial score (nSPS) is 11.8. The van der Waals surface area contributed by atoms with Crippen molar-refractivity contribution in [1.82, 2.24) is 5.32 Å². The number of benzene rings is 3. The van der Waals surface area contributed by atoms with E-state index < -0.39 is 6.10 Å². The Kier molecular flexibility index (Phi) is 6.31. The second-order valence-electron chi connectivity index (χ2n) is 6.29. The molecule has 0 aliphatic carbocycles. The molecule has 0 saturated carbocycles. The van der Waals surface area contributed by atoms with Gasteiger partial charge >= 0.3 is 0 Å². The first kappa shape index (κ1) is 18.8. The van der Waals surface area contributed by atoms with Gasteiger partial charge in [-0.05, 0) is 42.5 Å². The van der Waals surface area contributed by atoms with E-state index in [2.05, 4.69) is 5.32 Å². The van der Waals surface area contributed by atoms with Gasteiger partial charge in [-0.1, -0.05) is 55.5 Å². The quantitative estimate of drug-likeness (QED) is 0.630. The molecule has 0 spiro atoms. The third-order valence-corrected chi connectivity index (χ3v) is 4.36. The standard InChI is InChI=1S/C23H25NO3/c1-3-21(27-22-14-8-11-18-10-5-6-13-20(18)22)23(25)24-16-17-9-7-12-19(15-17)26-4-2/h5-15,21H,3-4,16H2,1-2H3,(H,24,25)/t21-/m1/s1. The molecule has 0 heterocycles. The molecule has 4 heteroatoms. The second kappa shape index (κ2) is 9.08. The van der Waals surface area contributed by atoms with Crippen LogP contribution >= 0.6 is 0 Å². The average Bonchev–Trinajstić information content (AvgIpc) is 2.71. The van der Waals surface area contributed by atoms with Gasteiger partial charge in [0.25, 0.3) is 5.91 Å². The van der Waals surface area contributed by atoms with Gasteiger partial charge in [-0.25, -0.2) is 0 Å². The van der Waals surface area contributed by atoms with Gasteiger partial charge in [0.05, 0.1) is 6.61 Å². The van der Waals surface area contributed by atoms with Gasteiger partial charge in [-0.15, -0.1) is 0 Å². The lowest BCUT2D eigenvalue weighted by Crippen LogP contribution is -2.37. The van der Waals surface area contributed by atoms with Gasteiger partial charge in [-0.2, -0.15) is 0 Å².